The number of aromatic amines is 1. The normalized spacial score (nSPS) is 18.4. The zero-order chi connectivity index (χ0) is 18.8. The van der Waals surface area contributed by atoms with Gasteiger partial charge < -0.3 is 9.64 Å². The van der Waals surface area contributed by atoms with E-state index in [1.165, 1.54) is 5.56 Å². The molecule has 1 aromatic heterocycles. The van der Waals surface area contributed by atoms with Crippen LogP contribution < -0.4 is 15.2 Å². The topological polar surface area (TPSA) is 61.5 Å². The Morgan fingerprint density at radius 2 is 1.93 bits per heavy atom. The van der Waals surface area contributed by atoms with Crippen molar-refractivity contribution in [1.29, 1.82) is 0 Å². The summed E-state index contributed by atoms with van der Waals surface area (Å²) in [6.45, 7) is 6.65. The molecule has 6 heteroatoms. The Morgan fingerprint density at radius 1 is 1.19 bits per heavy atom. The zero-order valence-corrected chi connectivity index (χ0v) is 16.2. The van der Waals surface area contributed by atoms with Crippen molar-refractivity contribution in [3.8, 4) is 5.75 Å². The number of aromatic nitrogens is 2. The lowest BCUT2D eigenvalue weighted by molar-refractivity contribution is 0.241. The van der Waals surface area contributed by atoms with E-state index in [0.29, 0.717) is 6.54 Å². The molecule has 1 fully saturated rings. The molecule has 2 aliphatic rings. The molecule has 1 aromatic carbocycles. The minimum atomic E-state index is 0.0213. The Bertz CT molecular complexity index is 838. The van der Waals surface area contributed by atoms with Crippen LogP contribution >= 0.6 is 0 Å². The summed E-state index contributed by atoms with van der Waals surface area (Å²) in [4.78, 5) is 25.1. The van der Waals surface area contributed by atoms with Gasteiger partial charge in [-0.3, -0.25) is 14.7 Å². The number of hydrogen-bond acceptors (Lipinski definition) is 5. The maximum absolute atomic E-state index is 12.7. The van der Waals surface area contributed by atoms with Crippen LogP contribution in [0.1, 0.15) is 36.6 Å². The molecule has 0 atom stereocenters. The quantitative estimate of drug-likeness (QED) is 0.899. The van der Waals surface area contributed by atoms with Gasteiger partial charge in [0.25, 0.3) is 5.56 Å². The first kappa shape index (κ1) is 18.0. The van der Waals surface area contributed by atoms with Crippen molar-refractivity contribution in [2.45, 2.75) is 39.3 Å². The molecule has 4 rings (SSSR count). The van der Waals surface area contributed by atoms with Crippen molar-refractivity contribution in [1.82, 2.24) is 14.9 Å². The Hall–Kier alpha value is -2.34. The van der Waals surface area contributed by atoms with Crippen LogP contribution in [0.25, 0.3) is 0 Å². The van der Waals surface area contributed by atoms with Crippen molar-refractivity contribution in [3.05, 3.63) is 51.4 Å². The van der Waals surface area contributed by atoms with Gasteiger partial charge in [-0.1, -0.05) is 19.1 Å². The summed E-state index contributed by atoms with van der Waals surface area (Å²) in [5.74, 6) is 2.38. The molecular weight excluding hydrogens is 340 g/mol. The molecule has 0 radical (unpaired) electrons. The number of H-pyrrole nitrogens is 1. The number of methoxy groups -OCH3 is 1. The van der Waals surface area contributed by atoms with Gasteiger partial charge in [0.15, 0.2) is 0 Å². The van der Waals surface area contributed by atoms with E-state index in [0.717, 1.165) is 74.3 Å². The number of benzene rings is 1. The van der Waals surface area contributed by atoms with E-state index in [2.05, 4.69) is 33.8 Å². The van der Waals surface area contributed by atoms with E-state index in [9.17, 15) is 4.79 Å². The molecule has 0 aliphatic carbocycles. The van der Waals surface area contributed by atoms with E-state index in [4.69, 9.17) is 9.72 Å². The summed E-state index contributed by atoms with van der Waals surface area (Å²) in [7, 11) is 1.68. The van der Waals surface area contributed by atoms with Crippen molar-refractivity contribution >= 4 is 5.95 Å². The molecule has 1 N–H and O–H groups in total. The van der Waals surface area contributed by atoms with Crippen molar-refractivity contribution in [2.75, 3.05) is 31.6 Å². The lowest BCUT2D eigenvalue weighted by Gasteiger charge is -2.32. The summed E-state index contributed by atoms with van der Waals surface area (Å²) in [6, 6.07) is 8.12. The van der Waals surface area contributed by atoms with E-state index >= 15 is 0 Å². The second kappa shape index (κ2) is 7.72. The van der Waals surface area contributed by atoms with Gasteiger partial charge in [0, 0.05) is 39.1 Å². The van der Waals surface area contributed by atoms with Gasteiger partial charge >= 0.3 is 0 Å². The van der Waals surface area contributed by atoms with E-state index in [1.54, 1.807) is 7.11 Å². The van der Waals surface area contributed by atoms with Crippen LogP contribution in [0.2, 0.25) is 0 Å². The highest BCUT2D eigenvalue weighted by atomic mass is 16.5. The number of ether oxygens (including phenoxy) is 1. The Morgan fingerprint density at radius 3 is 2.63 bits per heavy atom. The standard InChI is InChI=1S/C21H28N4O2/c1-15-7-11-25(12-8-15)21-22-19-9-10-24(14-18(19)20(26)23-21)13-16-3-5-17(27-2)6-4-16/h3-6,15H,7-14H2,1-2H3,(H,22,23,26). The molecule has 1 saturated heterocycles. The van der Waals surface area contributed by atoms with E-state index in [1.807, 2.05) is 12.1 Å². The first-order valence-electron chi connectivity index (χ1n) is 9.84. The molecule has 144 valence electrons. The minimum Gasteiger partial charge on any atom is -0.497 e. The lowest BCUT2D eigenvalue weighted by atomic mass is 9.99. The maximum atomic E-state index is 12.7. The fourth-order valence-corrected chi connectivity index (χ4v) is 3.96. The molecule has 27 heavy (non-hydrogen) atoms. The number of piperidine rings is 1. The Labute approximate surface area is 160 Å². The summed E-state index contributed by atoms with van der Waals surface area (Å²) in [5.41, 5.74) is 3.04. The van der Waals surface area contributed by atoms with E-state index < -0.39 is 0 Å². The highest BCUT2D eigenvalue weighted by Crippen LogP contribution is 2.22. The predicted molar refractivity (Wildman–Crippen MR) is 106 cm³/mol. The molecular formula is C21H28N4O2. The van der Waals surface area contributed by atoms with Crippen molar-refractivity contribution in [2.24, 2.45) is 5.92 Å². The molecule has 2 aliphatic heterocycles. The second-order valence-corrected chi connectivity index (χ2v) is 7.79. The lowest BCUT2D eigenvalue weighted by Crippen LogP contribution is -2.39. The van der Waals surface area contributed by atoms with Crippen molar-refractivity contribution < 1.29 is 4.74 Å². The molecule has 2 aromatic rings. The Kier molecular flexibility index (Phi) is 5.16. The number of anilines is 1. The highest BCUT2D eigenvalue weighted by Gasteiger charge is 2.24. The zero-order valence-electron chi connectivity index (χ0n) is 16.2. The van der Waals surface area contributed by atoms with Gasteiger partial charge in [-0.2, -0.15) is 0 Å². The molecule has 0 amide bonds. The van der Waals surface area contributed by atoms with Crippen LogP contribution in [0.15, 0.2) is 29.1 Å². The summed E-state index contributed by atoms with van der Waals surface area (Å²) >= 11 is 0. The van der Waals surface area contributed by atoms with Crippen LogP contribution in [0.4, 0.5) is 5.95 Å². The summed E-state index contributed by atoms with van der Waals surface area (Å²) in [6.07, 6.45) is 3.15. The Balaban J connectivity index is 1.47. The smallest absolute Gasteiger partial charge is 0.257 e. The SMILES string of the molecule is COc1ccc(CN2CCc3nc(N4CCC(C)CC4)[nH]c(=O)c3C2)cc1. The van der Waals surface area contributed by atoms with Gasteiger partial charge in [0.2, 0.25) is 5.95 Å². The second-order valence-electron chi connectivity index (χ2n) is 7.79. The fraction of sp³-hybridized carbons (Fsp3) is 0.524. The highest BCUT2D eigenvalue weighted by molar-refractivity contribution is 5.35. The molecule has 0 unspecified atom stereocenters. The van der Waals surface area contributed by atoms with Crippen LogP contribution in [-0.4, -0.2) is 41.6 Å². The van der Waals surface area contributed by atoms with Gasteiger partial charge in [-0.25, -0.2) is 4.98 Å². The van der Waals surface area contributed by atoms with Gasteiger partial charge in [0.05, 0.1) is 18.4 Å². The van der Waals surface area contributed by atoms with Crippen molar-refractivity contribution in [3.63, 3.8) is 0 Å². The third kappa shape index (κ3) is 4.00. The van der Waals surface area contributed by atoms with Crippen LogP contribution in [0.3, 0.4) is 0 Å². The third-order valence-electron chi connectivity index (χ3n) is 5.78. The number of fused-ring (bicyclic) bond motifs is 1. The van der Waals surface area contributed by atoms with Gasteiger partial charge in [-0.05, 0) is 36.5 Å². The third-order valence-corrected chi connectivity index (χ3v) is 5.78. The molecule has 3 heterocycles. The average Bonchev–Trinajstić information content (AvgIpc) is 2.69. The summed E-state index contributed by atoms with van der Waals surface area (Å²) in [5, 5.41) is 0. The predicted octanol–water partition coefficient (Wildman–Crippen LogP) is 2.57. The first-order chi connectivity index (χ1) is 13.1. The maximum Gasteiger partial charge on any atom is 0.257 e. The largest absolute Gasteiger partial charge is 0.497 e. The minimum absolute atomic E-state index is 0.0213. The van der Waals surface area contributed by atoms with Crippen LogP contribution in [0.5, 0.6) is 5.75 Å². The number of hydrogen-bond donors (Lipinski definition) is 1. The number of rotatable bonds is 4. The van der Waals surface area contributed by atoms with Gasteiger partial charge in [0.1, 0.15) is 5.75 Å². The van der Waals surface area contributed by atoms with Crippen LogP contribution in [0, 0.1) is 5.92 Å². The molecule has 6 nitrogen and oxygen atoms in total. The average molecular weight is 368 g/mol. The fourth-order valence-electron chi connectivity index (χ4n) is 3.96. The first-order valence-corrected chi connectivity index (χ1v) is 9.84. The molecule has 0 spiro atoms. The monoisotopic (exact) mass is 368 g/mol. The number of nitrogens with zero attached hydrogens (tertiary/aromatic N) is 3. The van der Waals surface area contributed by atoms with Gasteiger partial charge in [-0.15, -0.1) is 0 Å². The van der Waals surface area contributed by atoms with E-state index in [-0.39, 0.29) is 5.56 Å². The number of nitrogens with one attached hydrogen (secondary N) is 1. The molecule has 0 bridgehead atoms. The van der Waals surface area contributed by atoms with Crippen LogP contribution in [-0.2, 0) is 19.5 Å². The summed E-state index contributed by atoms with van der Waals surface area (Å²) < 4.78 is 5.22. The molecule has 0 saturated carbocycles.